The second-order valence-corrected chi connectivity index (χ2v) is 5.23. The third kappa shape index (κ3) is 4.61. The molecule has 1 aromatic rings. The van der Waals surface area contributed by atoms with Gasteiger partial charge in [-0.15, -0.1) is 0 Å². The van der Waals surface area contributed by atoms with E-state index in [4.69, 9.17) is 17.0 Å². The highest BCUT2D eigenvalue weighted by molar-refractivity contribution is 7.80. The minimum atomic E-state index is 0.592. The summed E-state index contributed by atoms with van der Waals surface area (Å²) in [6.45, 7) is 3.54. The Morgan fingerprint density at radius 2 is 2.15 bits per heavy atom. The van der Waals surface area contributed by atoms with Gasteiger partial charge in [0, 0.05) is 26.7 Å². The number of anilines is 2. The molecule has 1 fully saturated rings. The summed E-state index contributed by atoms with van der Waals surface area (Å²) in [4.78, 5) is 6.84. The summed E-state index contributed by atoms with van der Waals surface area (Å²) in [6, 6.07) is 4.06. The first-order valence-electron chi connectivity index (χ1n) is 7.04. The van der Waals surface area contributed by atoms with Crippen LogP contribution in [0.3, 0.4) is 0 Å². The zero-order valence-electron chi connectivity index (χ0n) is 11.9. The molecule has 0 bridgehead atoms. The topological polar surface area (TPSA) is 49.4 Å². The zero-order chi connectivity index (χ0) is 14.2. The molecule has 0 radical (unpaired) electrons. The molecule has 1 aliphatic rings. The number of aromatic nitrogens is 1. The Labute approximate surface area is 125 Å². The lowest BCUT2D eigenvalue weighted by molar-refractivity contribution is 0.204. The largest absolute Gasteiger partial charge is 0.383 e. The van der Waals surface area contributed by atoms with Gasteiger partial charge in [0.15, 0.2) is 5.11 Å². The third-order valence-electron chi connectivity index (χ3n) is 3.28. The molecule has 0 aromatic carbocycles. The van der Waals surface area contributed by atoms with Crippen LogP contribution in [0.4, 0.5) is 11.5 Å². The average Bonchev–Trinajstić information content (AvgIpc) is 2.49. The fourth-order valence-electron chi connectivity index (χ4n) is 2.21. The summed E-state index contributed by atoms with van der Waals surface area (Å²) in [7, 11) is 1.67. The van der Waals surface area contributed by atoms with Gasteiger partial charge >= 0.3 is 0 Å². The van der Waals surface area contributed by atoms with E-state index in [1.54, 1.807) is 7.11 Å². The van der Waals surface area contributed by atoms with Gasteiger partial charge in [-0.05, 0) is 43.6 Å². The van der Waals surface area contributed by atoms with Gasteiger partial charge in [0.05, 0.1) is 18.5 Å². The van der Waals surface area contributed by atoms with Crippen LogP contribution in [-0.4, -0.2) is 43.4 Å². The Balaban J connectivity index is 1.83. The van der Waals surface area contributed by atoms with Crippen molar-refractivity contribution in [2.75, 3.05) is 43.6 Å². The number of pyridine rings is 1. The second kappa shape index (κ2) is 8.01. The maximum atomic E-state index is 5.19. The third-order valence-corrected chi connectivity index (χ3v) is 3.52. The van der Waals surface area contributed by atoms with E-state index in [0.717, 1.165) is 24.6 Å². The maximum Gasteiger partial charge on any atom is 0.170 e. The van der Waals surface area contributed by atoms with E-state index in [1.165, 1.54) is 19.3 Å². The second-order valence-electron chi connectivity index (χ2n) is 4.83. The Kier molecular flexibility index (Phi) is 6.01. The zero-order valence-corrected chi connectivity index (χ0v) is 12.7. The molecular formula is C14H22N4OS. The van der Waals surface area contributed by atoms with E-state index in [-0.39, 0.29) is 0 Å². The van der Waals surface area contributed by atoms with E-state index in [1.807, 2.05) is 18.3 Å². The fraction of sp³-hybridized carbons (Fsp3) is 0.571. The molecule has 1 aromatic heterocycles. The fourth-order valence-corrected chi connectivity index (χ4v) is 2.43. The van der Waals surface area contributed by atoms with E-state index in [2.05, 4.69) is 20.5 Å². The van der Waals surface area contributed by atoms with E-state index in [9.17, 15) is 0 Å². The van der Waals surface area contributed by atoms with Gasteiger partial charge in [0.1, 0.15) is 5.82 Å². The van der Waals surface area contributed by atoms with Crippen LogP contribution in [0.5, 0.6) is 0 Å². The van der Waals surface area contributed by atoms with Crippen molar-refractivity contribution >= 4 is 28.8 Å². The Morgan fingerprint density at radius 1 is 1.35 bits per heavy atom. The van der Waals surface area contributed by atoms with Crippen LogP contribution < -0.4 is 15.5 Å². The highest BCUT2D eigenvalue weighted by Crippen LogP contribution is 2.18. The molecule has 110 valence electrons. The first-order chi connectivity index (χ1) is 9.79. The molecule has 0 spiro atoms. The normalized spacial score (nSPS) is 14.9. The maximum absolute atomic E-state index is 5.19. The quantitative estimate of drug-likeness (QED) is 0.640. The van der Waals surface area contributed by atoms with Gasteiger partial charge in [-0.25, -0.2) is 4.98 Å². The molecule has 0 amide bonds. The number of methoxy groups -OCH3 is 1. The van der Waals surface area contributed by atoms with E-state index in [0.29, 0.717) is 18.3 Å². The van der Waals surface area contributed by atoms with Crippen LogP contribution in [0.15, 0.2) is 18.3 Å². The number of rotatable bonds is 5. The van der Waals surface area contributed by atoms with Crippen molar-refractivity contribution in [3.05, 3.63) is 18.3 Å². The Hall–Kier alpha value is -1.40. The number of ether oxygens (including phenoxy) is 1. The van der Waals surface area contributed by atoms with Crippen LogP contribution >= 0.6 is 12.2 Å². The molecule has 0 atom stereocenters. The van der Waals surface area contributed by atoms with Gasteiger partial charge in [0.25, 0.3) is 0 Å². The highest BCUT2D eigenvalue weighted by Gasteiger charge is 2.11. The molecule has 1 saturated heterocycles. The minimum Gasteiger partial charge on any atom is -0.383 e. The first kappa shape index (κ1) is 15.0. The molecular weight excluding hydrogens is 272 g/mol. The predicted molar refractivity (Wildman–Crippen MR) is 86.4 cm³/mol. The molecule has 6 heteroatoms. The first-order valence-corrected chi connectivity index (χ1v) is 7.45. The number of hydrogen-bond acceptors (Lipinski definition) is 4. The SMILES string of the molecule is COCCNC(=S)Nc1ccc(N2CCCCC2)nc1. The molecule has 2 rings (SSSR count). The van der Waals surface area contributed by atoms with Crippen molar-refractivity contribution < 1.29 is 4.74 Å². The number of hydrogen-bond donors (Lipinski definition) is 2. The number of thiocarbonyl (C=S) groups is 1. The summed E-state index contributed by atoms with van der Waals surface area (Å²) in [5.74, 6) is 1.05. The van der Waals surface area contributed by atoms with Crippen molar-refractivity contribution in [2.24, 2.45) is 0 Å². The van der Waals surface area contributed by atoms with Crippen molar-refractivity contribution in [3.8, 4) is 0 Å². The summed E-state index contributed by atoms with van der Waals surface area (Å²) in [6.07, 6.45) is 5.68. The van der Waals surface area contributed by atoms with Gasteiger partial charge in [-0.1, -0.05) is 0 Å². The van der Waals surface area contributed by atoms with Crippen LogP contribution in [0.2, 0.25) is 0 Å². The molecule has 0 aliphatic carbocycles. The summed E-state index contributed by atoms with van der Waals surface area (Å²) in [5, 5.41) is 6.77. The van der Waals surface area contributed by atoms with Crippen LogP contribution in [0, 0.1) is 0 Å². The van der Waals surface area contributed by atoms with Gasteiger partial charge in [0.2, 0.25) is 0 Å². The highest BCUT2D eigenvalue weighted by atomic mass is 32.1. The molecule has 2 N–H and O–H groups in total. The van der Waals surface area contributed by atoms with Gasteiger partial charge in [-0.2, -0.15) is 0 Å². The molecule has 20 heavy (non-hydrogen) atoms. The molecule has 0 unspecified atom stereocenters. The Bertz CT molecular complexity index is 418. The van der Waals surface area contributed by atoms with Crippen LogP contribution in [0.25, 0.3) is 0 Å². The molecule has 1 aliphatic heterocycles. The summed E-state index contributed by atoms with van der Waals surface area (Å²) >= 11 is 5.19. The molecule has 5 nitrogen and oxygen atoms in total. The lowest BCUT2D eigenvalue weighted by Crippen LogP contribution is -2.31. The van der Waals surface area contributed by atoms with Crippen molar-refractivity contribution in [2.45, 2.75) is 19.3 Å². The minimum absolute atomic E-state index is 0.592. The summed E-state index contributed by atoms with van der Waals surface area (Å²) < 4.78 is 4.96. The number of nitrogens with zero attached hydrogens (tertiary/aromatic N) is 2. The Morgan fingerprint density at radius 3 is 2.80 bits per heavy atom. The average molecular weight is 294 g/mol. The van der Waals surface area contributed by atoms with Crippen LogP contribution in [-0.2, 0) is 4.74 Å². The summed E-state index contributed by atoms with van der Waals surface area (Å²) in [5.41, 5.74) is 0.903. The molecule has 2 heterocycles. The number of piperidine rings is 1. The van der Waals surface area contributed by atoms with E-state index < -0.39 is 0 Å². The lowest BCUT2D eigenvalue weighted by Gasteiger charge is -2.27. The van der Waals surface area contributed by atoms with Crippen molar-refractivity contribution in [3.63, 3.8) is 0 Å². The standard InChI is InChI=1S/C14H22N4OS/c1-19-10-7-15-14(20)17-12-5-6-13(16-11-12)18-8-3-2-4-9-18/h5-6,11H,2-4,7-10H2,1H3,(H2,15,17,20). The smallest absolute Gasteiger partial charge is 0.170 e. The van der Waals surface area contributed by atoms with Gasteiger partial charge in [-0.3, -0.25) is 0 Å². The van der Waals surface area contributed by atoms with Gasteiger partial charge < -0.3 is 20.3 Å². The monoisotopic (exact) mass is 294 g/mol. The van der Waals surface area contributed by atoms with Crippen LogP contribution in [0.1, 0.15) is 19.3 Å². The predicted octanol–water partition coefficient (Wildman–Crippen LogP) is 2.00. The van der Waals surface area contributed by atoms with Crippen molar-refractivity contribution in [1.29, 1.82) is 0 Å². The van der Waals surface area contributed by atoms with E-state index >= 15 is 0 Å². The van der Waals surface area contributed by atoms with Crippen molar-refractivity contribution in [1.82, 2.24) is 10.3 Å². The molecule has 0 saturated carbocycles. The number of nitrogens with one attached hydrogen (secondary N) is 2. The lowest BCUT2D eigenvalue weighted by atomic mass is 10.1.